The van der Waals surface area contributed by atoms with Crippen molar-refractivity contribution in [3.8, 4) is 11.5 Å². The maximum absolute atomic E-state index is 12.6. The van der Waals surface area contributed by atoms with Crippen LogP contribution in [0.4, 0.5) is 4.79 Å². The fraction of sp³-hybridized carbons (Fsp3) is 0.417. The van der Waals surface area contributed by atoms with Crippen LogP contribution in [0.2, 0.25) is 5.02 Å². The van der Waals surface area contributed by atoms with Crippen molar-refractivity contribution in [1.82, 2.24) is 4.90 Å². The van der Waals surface area contributed by atoms with Gasteiger partial charge in [0.05, 0.1) is 6.54 Å². The second-order valence-electron chi connectivity index (χ2n) is 7.69. The summed E-state index contributed by atoms with van der Waals surface area (Å²) in [6.45, 7) is 3.47. The lowest BCUT2D eigenvalue weighted by atomic mass is 10.1. The number of carbonyl (C=O) groups excluding carboxylic acids is 1. The van der Waals surface area contributed by atoms with Gasteiger partial charge in [0.25, 0.3) is 0 Å². The lowest BCUT2D eigenvalue weighted by molar-refractivity contribution is -0.149. The first-order valence-electron chi connectivity index (χ1n) is 10.7. The Bertz CT molecular complexity index is 882. The van der Waals surface area contributed by atoms with Gasteiger partial charge in [-0.25, -0.2) is 9.59 Å². The molecule has 3 rings (SSSR count). The maximum Gasteiger partial charge on any atom is 0.415 e. The second-order valence-corrected chi connectivity index (χ2v) is 8.13. The second kappa shape index (κ2) is 11.7. The maximum atomic E-state index is 12.6. The van der Waals surface area contributed by atoms with Crippen LogP contribution >= 0.6 is 11.6 Å². The zero-order chi connectivity index (χ0) is 22.9. The van der Waals surface area contributed by atoms with Gasteiger partial charge in [0.15, 0.2) is 6.10 Å². The molecule has 0 bridgehead atoms. The molecule has 0 heterocycles. The van der Waals surface area contributed by atoms with Crippen LogP contribution in [0.15, 0.2) is 48.5 Å². The molecule has 1 aliphatic rings. The Morgan fingerprint density at radius 1 is 1.09 bits per heavy atom. The molecule has 1 aliphatic carbocycles. The van der Waals surface area contributed by atoms with Crippen molar-refractivity contribution in [2.45, 2.75) is 32.3 Å². The van der Waals surface area contributed by atoms with Crippen molar-refractivity contribution >= 4 is 23.7 Å². The normalized spacial score (nSPS) is 13.9. The minimum Gasteiger partial charge on any atom is -0.492 e. The lowest BCUT2D eigenvalue weighted by Gasteiger charge is -2.22. The smallest absolute Gasteiger partial charge is 0.415 e. The molecule has 172 valence electrons. The Balaban J connectivity index is 1.50. The molecule has 1 N–H and O–H groups in total. The molecule has 7 nitrogen and oxygen atoms in total. The monoisotopic (exact) mass is 461 g/mol. The van der Waals surface area contributed by atoms with Crippen molar-refractivity contribution in [1.29, 1.82) is 0 Å². The van der Waals surface area contributed by atoms with Crippen molar-refractivity contribution in [2.24, 2.45) is 5.92 Å². The molecule has 0 aromatic heterocycles. The zero-order valence-electron chi connectivity index (χ0n) is 18.0. The minimum atomic E-state index is -0.978. The van der Waals surface area contributed by atoms with Crippen LogP contribution in [0, 0.1) is 5.92 Å². The highest BCUT2D eigenvalue weighted by Gasteiger charge is 2.27. The van der Waals surface area contributed by atoms with E-state index >= 15 is 0 Å². The van der Waals surface area contributed by atoms with Gasteiger partial charge < -0.3 is 24.2 Å². The molecule has 8 heteroatoms. The van der Waals surface area contributed by atoms with E-state index in [1.54, 1.807) is 48.2 Å². The summed E-state index contributed by atoms with van der Waals surface area (Å²) in [5.41, 5.74) is 0.847. The van der Waals surface area contributed by atoms with Gasteiger partial charge in [-0.3, -0.25) is 0 Å². The van der Waals surface area contributed by atoms with Crippen LogP contribution in [0.5, 0.6) is 11.5 Å². The van der Waals surface area contributed by atoms with Crippen molar-refractivity contribution in [3.63, 3.8) is 0 Å². The Morgan fingerprint density at radius 2 is 1.75 bits per heavy atom. The molecule has 32 heavy (non-hydrogen) atoms. The molecule has 0 aliphatic heterocycles. The molecule has 1 unspecified atom stereocenters. The van der Waals surface area contributed by atoms with Crippen LogP contribution in [0.3, 0.4) is 0 Å². The van der Waals surface area contributed by atoms with E-state index in [1.165, 1.54) is 0 Å². The summed E-state index contributed by atoms with van der Waals surface area (Å²) in [7, 11) is 0. The van der Waals surface area contributed by atoms with E-state index in [9.17, 15) is 14.7 Å². The van der Waals surface area contributed by atoms with E-state index in [0.717, 1.165) is 18.4 Å². The third kappa shape index (κ3) is 7.73. The number of carboxylic acids is 1. The van der Waals surface area contributed by atoms with Crippen LogP contribution in [-0.2, 0) is 16.0 Å². The largest absolute Gasteiger partial charge is 0.492 e. The molecule has 2 aromatic rings. The quantitative estimate of drug-likeness (QED) is 0.494. The SMILES string of the molecule is CCOC(Cc1ccc(OCCN(CC2CC2)C(=O)Oc2ccc(Cl)cc2)cc1)C(=O)O. The third-order valence-corrected chi connectivity index (χ3v) is 5.32. The molecule has 1 amide bonds. The number of amides is 1. The number of nitrogens with zero attached hydrogens (tertiary/aromatic N) is 1. The number of hydrogen-bond donors (Lipinski definition) is 1. The fourth-order valence-electron chi connectivity index (χ4n) is 3.17. The molecule has 0 spiro atoms. The molecule has 0 radical (unpaired) electrons. The van der Waals surface area contributed by atoms with Crippen LogP contribution in [0.1, 0.15) is 25.3 Å². The Kier molecular flexibility index (Phi) is 8.76. The Hall–Kier alpha value is -2.77. The number of rotatable bonds is 12. The van der Waals surface area contributed by atoms with Gasteiger partial charge in [-0.15, -0.1) is 0 Å². The van der Waals surface area contributed by atoms with E-state index < -0.39 is 18.2 Å². The molecular weight excluding hydrogens is 434 g/mol. The highest BCUT2D eigenvalue weighted by Crippen LogP contribution is 2.30. The lowest BCUT2D eigenvalue weighted by Crippen LogP contribution is -2.38. The van der Waals surface area contributed by atoms with E-state index in [1.807, 2.05) is 12.1 Å². The number of aliphatic carboxylic acids is 1. The highest BCUT2D eigenvalue weighted by atomic mass is 35.5. The average molecular weight is 462 g/mol. The summed E-state index contributed by atoms with van der Waals surface area (Å²) in [5, 5.41) is 9.79. The van der Waals surface area contributed by atoms with Gasteiger partial charge in [-0.2, -0.15) is 0 Å². The summed E-state index contributed by atoms with van der Waals surface area (Å²) >= 11 is 5.88. The summed E-state index contributed by atoms with van der Waals surface area (Å²) in [4.78, 5) is 25.5. The van der Waals surface area contributed by atoms with Crippen molar-refractivity contribution in [2.75, 3.05) is 26.3 Å². The number of carboxylic acid groups (broad SMARTS) is 1. The summed E-state index contributed by atoms with van der Waals surface area (Å²) in [6.07, 6.45) is 1.25. The summed E-state index contributed by atoms with van der Waals surface area (Å²) in [5.74, 6) is 0.630. The van der Waals surface area contributed by atoms with Gasteiger partial charge in [0, 0.05) is 24.6 Å². The first-order chi connectivity index (χ1) is 15.4. The summed E-state index contributed by atoms with van der Waals surface area (Å²) in [6, 6.07) is 13.9. The van der Waals surface area contributed by atoms with Gasteiger partial charge in [0.2, 0.25) is 0 Å². The predicted octanol–water partition coefficient (Wildman–Crippen LogP) is 4.66. The molecule has 1 saturated carbocycles. The van der Waals surface area contributed by atoms with Crippen LogP contribution in [0.25, 0.3) is 0 Å². The predicted molar refractivity (Wildman–Crippen MR) is 120 cm³/mol. The molecule has 1 fully saturated rings. The van der Waals surface area contributed by atoms with Gasteiger partial charge >= 0.3 is 12.1 Å². The average Bonchev–Trinajstić information content (AvgIpc) is 3.59. The highest BCUT2D eigenvalue weighted by molar-refractivity contribution is 6.30. The standard InChI is InChI=1S/C24H28ClNO6/c1-2-30-22(23(27)28)15-17-5-9-20(10-6-17)31-14-13-26(16-18-3-4-18)24(29)32-21-11-7-19(25)8-12-21/h5-12,18,22H,2-4,13-16H2,1H3,(H,27,28). The summed E-state index contributed by atoms with van der Waals surface area (Å²) < 4.78 is 16.5. The van der Waals surface area contributed by atoms with Gasteiger partial charge in [-0.1, -0.05) is 23.7 Å². The molecule has 0 saturated heterocycles. The molecular formula is C24H28ClNO6. The minimum absolute atomic E-state index is 0.287. The Labute approximate surface area is 192 Å². The number of carbonyl (C=O) groups is 2. The van der Waals surface area contributed by atoms with Gasteiger partial charge in [0.1, 0.15) is 18.1 Å². The fourth-order valence-corrected chi connectivity index (χ4v) is 3.29. The third-order valence-electron chi connectivity index (χ3n) is 5.07. The zero-order valence-corrected chi connectivity index (χ0v) is 18.8. The van der Waals surface area contributed by atoms with Gasteiger partial charge in [-0.05, 0) is 67.6 Å². The van der Waals surface area contributed by atoms with Crippen molar-refractivity contribution in [3.05, 3.63) is 59.1 Å². The number of ether oxygens (including phenoxy) is 3. The molecule has 2 aromatic carbocycles. The number of hydrogen-bond acceptors (Lipinski definition) is 5. The van der Waals surface area contributed by atoms with E-state index in [2.05, 4.69) is 0 Å². The van der Waals surface area contributed by atoms with Crippen LogP contribution in [-0.4, -0.2) is 54.5 Å². The van der Waals surface area contributed by atoms with E-state index in [4.69, 9.17) is 25.8 Å². The van der Waals surface area contributed by atoms with Crippen LogP contribution < -0.4 is 9.47 Å². The number of halogens is 1. The topological polar surface area (TPSA) is 85.3 Å². The van der Waals surface area contributed by atoms with Crippen molar-refractivity contribution < 1.29 is 28.9 Å². The Morgan fingerprint density at radius 3 is 2.34 bits per heavy atom. The molecule has 1 atom stereocenters. The first kappa shape index (κ1) is 23.9. The van der Waals surface area contributed by atoms with E-state index in [-0.39, 0.29) is 6.42 Å². The first-order valence-corrected chi connectivity index (χ1v) is 11.1. The number of benzene rings is 2. The van der Waals surface area contributed by atoms with E-state index in [0.29, 0.717) is 48.7 Å².